The minimum Gasteiger partial charge on any atom is -0.372 e. The number of nitrogens with zero attached hydrogens (tertiary/aromatic N) is 2. The quantitative estimate of drug-likeness (QED) is 0.770. The molecular formula is C11H19N3. The molecule has 0 radical (unpaired) electrons. The van der Waals surface area contributed by atoms with E-state index in [0.29, 0.717) is 0 Å². The molecular weight excluding hydrogens is 174 g/mol. The van der Waals surface area contributed by atoms with E-state index < -0.39 is 0 Å². The van der Waals surface area contributed by atoms with Crippen LogP contribution in [0.3, 0.4) is 0 Å². The lowest BCUT2D eigenvalue weighted by Crippen LogP contribution is -2.22. The third-order valence-electron chi connectivity index (χ3n) is 2.29. The van der Waals surface area contributed by atoms with E-state index in [1.807, 2.05) is 13.2 Å². The molecule has 0 aromatic carbocycles. The van der Waals surface area contributed by atoms with Crippen LogP contribution in [0, 0.1) is 0 Å². The highest BCUT2D eigenvalue weighted by Gasteiger charge is 2.02. The minimum absolute atomic E-state index is 0.828. The van der Waals surface area contributed by atoms with Gasteiger partial charge in [0, 0.05) is 31.5 Å². The molecule has 1 aromatic rings. The second-order valence-corrected chi connectivity index (χ2v) is 3.21. The number of hydrogen-bond acceptors (Lipinski definition) is 3. The number of hydrogen-bond donors (Lipinski definition) is 1. The van der Waals surface area contributed by atoms with Gasteiger partial charge in [-0.1, -0.05) is 0 Å². The van der Waals surface area contributed by atoms with E-state index in [4.69, 9.17) is 0 Å². The van der Waals surface area contributed by atoms with E-state index in [1.54, 1.807) is 0 Å². The molecule has 0 aliphatic carbocycles. The van der Waals surface area contributed by atoms with E-state index in [-0.39, 0.29) is 0 Å². The number of rotatable bonds is 5. The van der Waals surface area contributed by atoms with Crippen molar-refractivity contribution in [3.8, 4) is 0 Å². The van der Waals surface area contributed by atoms with Gasteiger partial charge in [0.15, 0.2) is 0 Å². The Bertz CT molecular complexity index is 269. The second kappa shape index (κ2) is 5.60. The van der Waals surface area contributed by atoms with Crippen LogP contribution in [0.1, 0.15) is 19.5 Å². The Kier molecular flexibility index (Phi) is 4.40. The van der Waals surface area contributed by atoms with Crippen LogP contribution in [0.15, 0.2) is 18.3 Å². The first-order chi connectivity index (χ1) is 6.81. The van der Waals surface area contributed by atoms with Crippen molar-refractivity contribution in [2.24, 2.45) is 0 Å². The summed E-state index contributed by atoms with van der Waals surface area (Å²) in [7, 11) is 1.94. The van der Waals surface area contributed by atoms with Crippen molar-refractivity contribution in [1.82, 2.24) is 10.3 Å². The van der Waals surface area contributed by atoms with E-state index >= 15 is 0 Å². The lowest BCUT2D eigenvalue weighted by molar-refractivity contribution is 0.786. The molecule has 0 spiro atoms. The van der Waals surface area contributed by atoms with Gasteiger partial charge in [0.2, 0.25) is 0 Å². The van der Waals surface area contributed by atoms with Crippen LogP contribution in [0.4, 0.5) is 5.69 Å². The highest BCUT2D eigenvalue weighted by Crippen LogP contribution is 2.13. The summed E-state index contributed by atoms with van der Waals surface area (Å²) in [4.78, 5) is 6.61. The maximum atomic E-state index is 4.29. The number of aromatic nitrogens is 1. The molecule has 0 aliphatic heterocycles. The molecule has 78 valence electrons. The van der Waals surface area contributed by atoms with Crippen molar-refractivity contribution in [3.05, 3.63) is 24.0 Å². The highest BCUT2D eigenvalue weighted by atomic mass is 15.1. The molecule has 1 rings (SSSR count). The maximum Gasteiger partial charge on any atom is 0.0562 e. The fraction of sp³-hybridized carbons (Fsp3) is 0.545. The summed E-state index contributed by atoms with van der Waals surface area (Å²) < 4.78 is 0. The summed E-state index contributed by atoms with van der Waals surface area (Å²) in [5, 5.41) is 3.11. The summed E-state index contributed by atoms with van der Waals surface area (Å²) in [6.07, 6.45) is 1.88. The van der Waals surface area contributed by atoms with Crippen LogP contribution in [0.5, 0.6) is 0 Å². The van der Waals surface area contributed by atoms with Crippen molar-refractivity contribution in [3.63, 3.8) is 0 Å². The summed E-state index contributed by atoms with van der Waals surface area (Å²) in [6, 6.07) is 4.20. The van der Waals surface area contributed by atoms with Crippen LogP contribution < -0.4 is 10.2 Å². The van der Waals surface area contributed by atoms with E-state index in [2.05, 4.69) is 41.2 Å². The number of nitrogens with one attached hydrogen (secondary N) is 1. The smallest absolute Gasteiger partial charge is 0.0562 e. The van der Waals surface area contributed by atoms with Crippen molar-refractivity contribution in [1.29, 1.82) is 0 Å². The predicted molar refractivity (Wildman–Crippen MR) is 60.6 cm³/mol. The maximum absolute atomic E-state index is 4.29. The third kappa shape index (κ3) is 2.70. The standard InChI is InChI=1S/C11H19N3/c1-4-14(5-2)11-6-7-13-10(8-11)9-12-3/h6-8,12H,4-5,9H2,1-3H3. The summed E-state index contributed by atoms with van der Waals surface area (Å²) in [5.41, 5.74) is 2.35. The molecule has 0 atom stereocenters. The van der Waals surface area contributed by atoms with Gasteiger partial charge in [-0.2, -0.15) is 0 Å². The van der Waals surface area contributed by atoms with E-state index in [9.17, 15) is 0 Å². The fourth-order valence-corrected chi connectivity index (χ4v) is 1.53. The zero-order valence-electron chi connectivity index (χ0n) is 9.25. The van der Waals surface area contributed by atoms with Gasteiger partial charge in [-0.3, -0.25) is 4.98 Å². The van der Waals surface area contributed by atoms with Gasteiger partial charge in [0.05, 0.1) is 5.69 Å². The molecule has 0 unspecified atom stereocenters. The molecule has 3 nitrogen and oxygen atoms in total. The monoisotopic (exact) mass is 193 g/mol. The van der Waals surface area contributed by atoms with Crippen molar-refractivity contribution < 1.29 is 0 Å². The Morgan fingerprint density at radius 3 is 2.64 bits per heavy atom. The molecule has 0 aliphatic rings. The van der Waals surface area contributed by atoms with Crippen LogP contribution in [0.2, 0.25) is 0 Å². The third-order valence-corrected chi connectivity index (χ3v) is 2.29. The molecule has 3 heteroatoms. The average molecular weight is 193 g/mol. The molecule has 1 N–H and O–H groups in total. The number of anilines is 1. The Labute approximate surface area is 86.2 Å². The van der Waals surface area contributed by atoms with Crippen molar-refractivity contribution >= 4 is 5.69 Å². The Morgan fingerprint density at radius 2 is 2.07 bits per heavy atom. The molecule has 0 saturated carbocycles. The highest BCUT2D eigenvalue weighted by molar-refractivity contribution is 5.46. The van der Waals surface area contributed by atoms with Gasteiger partial charge in [-0.05, 0) is 33.0 Å². The van der Waals surface area contributed by atoms with Gasteiger partial charge in [0.25, 0.3) is 0 Å². The summed E-state index contributed by atoms with van der Waals surface area (Å²) >= 11 is 0. The molecule has 0 saturated heterocycles. The van der Waals surface area contributed by atoms with Crippen LogP contribution in [-0.4, -0.2) is 25.1 Å². The molecule has 0 amide bonds. The Hall–Kier alpha value is -1.09. The SMILES string of the molecule is CCN(CC)c1ccnc(CNC)c1. The lowest BCUT2D eigenvalue weighted by Gasteiger charge is -2.21. The van der Waals surface area contributed by atoms with Crippen molar-refractivity contribution in [2.45, 2.75) is 20.4 Å². The Balaban J connectivity index is 2.81. The topological polar surface area (TPSA) is 28.2 Å². The first-order valence-electron chi connectivity index (χ1n) is 5.16. The van der Waals surface area contributed by atoms with Crippen LogP contribution in [0.25, 0.3) is 0 Å². The second-order valence-electron chi connectivity index (χ2n) is 3.21. The van der Waals surface area contributed by atoms with Gasteiger partial charge < -0.3 is 10.2 Å². The first-order valence-corrected chi connectivity index (χ1v) is 5.16. The van der Waals surface area contributed by atoms with Gasteiger partial charge in [-0.15, -0.1) is 0 Å². The summed E-state index contributed by atoms with van der Waals surface area (Å²) in [5.74, 6) is 0. The lowest BCUT2D eigenvalue weighted by atomic mass is 10.3. The summed E-state index contributed by atoms with van der Waals surface area (Å²) in [6.45, 7) is 7.25. The molecule has 1 aromatic heterocycles. The van der Waals surface area contributed by atoms with Crippen LogP contribution in [-0.2, 0) is 6.54 Å². The molecule has 1 heterocycles. The average Bonchev–Trinajstić information content (AvgIpc) is 2.21. The van der Waals surface area contributed by atoms with Crippen molar-refractivity contribution in [2.75, 3.05) is 25.0 Å². The van der Waals surface area contributed by atoms with Gasteiger partial charge in [0.1, 0.15) is 0 Å². The van der Waals surface area contributed by atoms with Crippen LogP contribution >= 0.6 is 0 Å². The Morgan fingerprint density at radius 1 is 1.36 bits per heavy atom. The molecule has 0 bridgehead atoms. The predicted octanol–water partition coefficient (Wildman–Crippen LogP) is 1.65. The van der Waals surface area contributed by atoms with Gasteiger partial charge in [-0.25, -0.2) is 0 Å². The number of pyridine rings is 1. The van der Waals surface area contributed by atoms with Gasteiger partial charge >= 0.3 is 0 Å². The normalized spacial score (nSPS) is 10.2. The fourth-order valence-electron chi connectivity index (χ4n) is 1.53. The molecule has 14 heavy (non-hydrogen) atoms. The zero-order valence-corrected chi connectivity index (χ0v) is 9.25. The zero-order chi connectivity index (χ0) is 10.4. The molecule has 0 fully saturated rings. The van der Waals surface area contributed by atoms with E-state index in [1.165, 1.54) is 5.69 Å². The minimum atomic E-state index is 0.828. The largest absolute Gasteiger partial charge is 0.372 e. The van der Waals surface area contributed by atoms with E-state index in [0.717, 1.165) is 25.3 Å². The first kappa shape index (κ1) is 11.0.